The molecule has 0 fully saturated rings. The zero-order chi connectivity index (χ0) is 11.9. The number of unbranched alkanes of at least 4 members (excludes halogenated alkanes) is 1. The van der Waals surface area contributed by atoms with Crippen LogP contribution in [-0.4, -0.2) is 36.6 Å². The largest absolute Gasteiger partial charge is 0.392 e. The first-order valence-corrected chi connectivity index (χ1v) is 7.22. The second-order valence-electron chi connectivity index (χ2n) is 3.47. The molecule has 0 heterocycles. The van der Waals surface area contributed by atoms with Gasteiger partial charge in [-0.15, -0.1) is 0 Å². The molecule has 0 aliphatic heterocycles. The molecule has 0 aromatic rings. The number of hydrogen-bond donors (Lipinski definition) is 1. The topological polar surface area (TPSA) is 63.4 Å². The van der Waals surface area contributed by atoms with Gasteiger partial charge >= 0.3 is 0 Å². The Morgan fingerprint density at radius 3 is 2.33 bits per heavy atom. The first-order valence-electron chi connectivity index (χ1n) is 5.20. The molecule has 0 aliphatic rings. The molecule has 0 atom stereocenters. The van der Waals surface area contributed by atoms with Gasteiger partial charge in [0.2, 0.25) is 10.0 Å². The second-order valence-corrected chi connectivity index (χ2v) is 6.08. The summed E-state index contributed by atoms with van der Waals surface area (Å²) in [6.07, 6.45) is 2.32. The maximum absolute atomic E-state index is 11.8. The molecule has 0 aliphatic carbocycles. The van der Waals surface area contributed by atoms with Crippen LogP contribution in [0.3, 0.4) is 0 Å². The first kappa shape index (κ1) is 14.8. The summed E-state index contributed by atoms with van der Waals surface area (Å²) in [6, 6.07) is 0. The van der Waals surface area contributed by atoms with E-state index in [9.17, 15) is 8.42 Å². The third kappa shape index (κ3) is 6.06. The van der Waals surface area contributed by atoms with Gasteiger partial charge in [-0.25, -0.2) is 8.42 Å². The standard InChI is InChI=1S/C9H20N2O2S2/c1-3-5-7-15(12,13)11(6-4-2)8-9(10)14/h3-8H2,1-2H3,(H2,10,14). The Morgan fingerprint density at radius 2 is 1.93 bits per heavy atom. The van der Waals surface area contributed by atoms with Gasteiger partial charge in [-0.1, -0.05) is 32.5 Å². The van der Waals surface area contributed by atoms with Crippen LogP contribution in [-0.2, 0) is 10.0 Å². The minimum atomic E-state index is -3.18. The van der Waals surface area contributed by atoms with Gasteiger partial charge in [-0.05, 0) is 12.8 Å². The molecule has 0 amide bonds. The van der Waals surface area contributed by atoms with Crippen LogP contribution in [0.5, 0.6) is 0 Å². The Labute approximate surface area is 97.9 Å². The van der Waals surface area contributed by atoms with Gasteiger partial charge in [-0.3, -0.25) is 0 Å². The molecule has 0 aromatic heterocycles. The van der Waals surface area contributed by atoms with Crippen molar-refractivity contribution in [2.24, 2.45) is 5.73 Å². The van der Waals surface area contributed by atoms with Crippen LogP contribution in [0.2, 0.25) is 0 Å². The summed E-state index contributed by atoms with van der Waals surface area (Å²) in [5.74, 6) is 0.187. The highest BCUT2D eigenvalue weighted by molar-refractivity contribution is 7.89. The highest BCUT2D eigenvalue weighted by Gasteiger charge is 2.20. The van der Waals surface area contributed by atoms with Crippen LogP contribution in [0, 0.1) is 0 Å². The van der Waals surface area contributed by atoms with Crippen molar-refractivity contribution in [3.63, 3.8) is 0 Å². The molecule has 15 heavy (non-hydrogen) atoms. The fourth-order valence-corrected chi connectivity index (χ4v) is 3.14. The lowest BCUT2D eigenvalue weighted by Gasteiger charge is -2.20. The number of nitrogens with two attached hydrogens (primary N) is 1. The molecule has 6 heteroatoms. The molecule has 0 bridgehead atoms. The van der Waals surface area contributed by atoms with Crippen LogP contribution in [0.25, 0.3) is 0 Å². The Balaban J connectivity index is 4.51. The van der Waals surface area contributed by atoms with E-state index in [4.69, 9.17) is 18.0 Å². The van der Waals surface area contributed by atoms with Crippen LogP contribution >= 0.6 is 12.2 Å². The average molecular weight is 252 g/mol. The minimum Gasteiger partial charge on any atom is -0.392 e. The predicted octanol–water partition coefficient (Wildman–Crippen LogP) is 1.11. The molecule has 0 unspecified atom stereocenters. The molecule has 4 nitrogen and oxygen atoms in total. The van der Waals surface area contributed by atoms with E-state index in [1.165, 1.54) is 4.31 Å². The highest BCUT2D eigenvalue weighted by Crippen LogP contribution is 2.05. The van der Waals surface area contributed by atoms with Gasteiger partial charge in [0.15, 0.2) is 0 Å². The fourth-order valence-electron chi connectivity index (χ4n) is 1.20. The second kappa shape index (κ2) is 7.14. The quantitative estimate of drug-likeness (QED) is 0.657. The first-order chi connectivity index (χ1) is 6.94. The lowest BCUT2D eigenvalue weighted by molar-refractivity contribution is 0.448. The Kier molecular flexibility index (Phi) is 7.04. The van der Waals surface area contributed by atoms with Crippen LogP contribution in [0.15, 0.2) is 0 Å². The summed E-state index contributed by atoms with van der Waals surface area (Å²) < 4.78 is 25.0. The van der Waals surface area contributed by atoms with Crippen LogP contribution < -0.4 is 5.73 Å². The third-order valence-electron chi connectivity index (χ3n) is 1.95. The maximum Gasteiger partial charge on any atom is 0.214 e. The van der Waals surface area contributed by atoms with Crippen molar-refractivity contribution in [1.82, 2.24) is 4.31 Å². The normalized spacial score (nSPS) is 11.9. The van der Waals surface area contributed by atoms with Crippen molar-refractivity contribution in [3.8, 4) is 0 Å². The summed E-state index contributed by atoms with van der Waals surface area (Å²) in [4.78, 5) is 0.225. The minimum absolute atomic E-state index is 0.162. The van der Waals surface area contributed by atoms with Crippen molar-refractivity contribution in [3.05, 3.63) is 0 Å². The SMILES string of the molecule is CCCCS(=O)(=O)N(CCC)CC(N)=S. The maximum atomic E-state index is 11.8. The van der Waals surface area contributed by atoms with Crippen molar-refractivity contribution in [1.29, 1.82) is 0 Å². The van der Waals surface area contributed by atoms with Gasteiger partial charge < -0.3 is 5.73 Å². The van der Waals surface area contributed by atoms with E-state index in [-0.39, 0.29) is 17.3 Å². The zero-order valence-electron chi connectivity index (χ0n) is 9.40. The molecule has 90 valence electrons. The van der Waals surface area contributed by atoms with Crippen molar-refractivity contribution in [2.45, 2.75) is 33.1 Å². The van der Waals surface area contributed by atoms with Crippen molar-refractivity contribution < 1.29 is 8.42 Å². The van der Waals surface area contributed by atoms with E-state index in [1.54, 1.807) is 0 Å². The summed E-state index contributed by atoms with van der Waals surface area (Å²) in [5, 5.41) is 0. The fraction of sp³-hybridized carbons (Fsp3) is 0.889. The molecule has 0 rings (SSSR count). The smallest absolute Gasteiger partial charge is 0.214 e. The van der Waals surface area contributed by atoms with Gasteiger partial charge in [0.25, 0.3) is 0 Å². The van der Waals surface area contributed by atoms with E-state index in [0.29, 0.717) is 13.0 Å². The predicted molar refractivity (Wildman–Crippen MR) is 67.3 cm³/mol. The Bertz CT molecular complexity index is 288. The molecular formula is C9H20N2O2S2. The lowest BCUT2D eigenvalue weighted by atomic mass is 10.4. The van der Waals surface area contributed by atoms with Crippen LogP contribution in [0.4, 0.5) is 0 Å². The summed E-state index contributed by atoms with van der Waals surface area (Å²) in [5.41, 5.74) is 5.37. The summed E-state index contributed by atoms with van der Waals surface area (Å²) >= 11 is 4.74. The van der Waals surface area contributed by atoms with Gasteiger partial charge in [0.05, 0.1) is 17.3 Å². The van der Waals surface area contributed by atoms with Crippen molar-refractivity contribution in [2.75, 3.05) is 18.8 Å². The molecule has 0 saturated carbocycles. The Hall–Kier alpha value is -0.200. The van der Waals surface area contributed by atoms with E-state index < -0.39 is 10.0 Å². The van der Waals surface area contributed by atoms with E-state index in [2.05, 4.69) is 0 Å². The number of hydrogen-bond acceptors (Lipinski definition) is 3. The molecule has 0 saturated heterocycles. The molecule has 0 aromatic carbocycles. The van der Waals surface area contributed by atoms with Gasteiger partial charge in [0, 0.05) is 6.54 Å². The summed E-state index contributed by atoms with van der Waals surface area (Å²) in [6.45, 7) is 4.55. The molecule has 0 spiro atoms. The number of thiocarbonyl (C=S) groups is 1. The lowest BCUT2D eigenvalue weighted by Crippen LogP contribution is -2.39. The van der Waals surface area contributed by atoms with Crippen molar-refractivity contribution >= 4 is 27.2 Å². The van der Waals surface area contributed by atoms with E-state index in [1.807, 2.05) is 13.8 Å². The summed E-state index contributed by atoms with van der Waals surface area (Å²) in [7, 11) is -3.18. The number of rotatable bonds is 8. The molecule has 0 radical (unpaired) electrons. The van der Waals surface area contributed by atoms with Gasteiger partial charge in [-0.2, -0.15) is 4.31 Å². The zero-order valence-corrected chi connectivity index (χ0v) is 11.0. The molecule has 2 N–H and O–H groups in total. The number of sulfonamides is 1. The Morgan fingerprint density at radius 1 is 1.33 bits per heavy atom. The van der Waals surface area contributed by atoms with Gasteiger partial charge in [0.1, 0.15) is 0 Å². The highest BCUT2D eigenvalue weighted by atomic mass is 32.2. The van der Waals surface area contributed by atoms with Crippen LogP contribution in [0.1, 0.15) is 33.1 Å². The monoisotopic (exact) mass is 252 g/mol. The third-order valence-corrected chi connectivity index (χ3v) is 3.99. The average Bonchev–Trinajstić information content (AvgIpc) is 2.13. The van der Waals surface area contributed by atoms with E-state index >= 15 is 0 Å². The molecular weight excluding hydrogens is 232 g/mol. The number of nitrogens with zero attached hydrogens (tertiary/aromatic N) is 1. The van der Waals surface area contributed by atoms with E-state index in [0.717, 1.165) is 12.8 Å².